The summed E-state index contributed by atoms with van der Waals surface area (Å²) >= 11 is 7.12. The summed E-state index contributed by atoms with van der Waals surface area (Å²) in [6, 6.07) is 61.7. The van der Waals surface area contributed by atoms with Crippen molar-refractivity contribution in [2.75, 3.05) is 46.8 Å². The molecule has 8 nitrogen and oxygen atoms in total. The summed E-state index contributed by atoms with van der Waals surface area (Å²) < 4.78 is 34.3. The molecule has 2 N–H and O–H groups in total. The first-order chi connectivity index (χ1) is 36.6. The summed E-state index contributed by atoms with van der Waals surface area (Å²) in [4.78, 5) is -0.649. The van der Waals surface area contributed by atoms with Gasteiger partial charge in [0.2, 0.25) is 0 Å². The largest absolute Gasteiger partial charge is 0.391 e. The summed E-state index contributed by atoms with van der Waals surface area (Å²) in [6.07, 6.45) is 5.58. The van der Waals surface area contributed by atoms with Gasteiger partial charge in [-0.25, -0.2) is 0 Å². The predicted molar refractivity (Wildman–Crippen MR) is 324 cm³/mol. The molecule has 0 aliphatic carbocycles. The Morgan fingerprint density at radius 3 is 1.03 bits per heavy atom. The minimum Gasteiger partial charge on any atom is -0.391 e. The predicted octanol–water partition coefficient (Wildman–Crippen LogP) is 15.9. The van der Waals surface area contributed by atoms with Crippen LogP contribution < -0.4 is 0 Å². The van der Waals surface area contributed by atoms with Crippen molar-refractivity contribution >= 4 is 11.6 Å². The number of allylic oxidation sites excluding steroid dienone is 2. The maximum absolute atomic E-state index is 9.35. The molecule has 6 rings (SSSR count). The average Bonchev–Trinajstić information content (AvgIpc) is 3.45. The topological polar surface area (TPSA) is 95.8 Å². The molecule has 0 saturated heterocycles. The highest BCUT2D eigenvalue weighted by molar-refractivity contribution is 6.28. The Labute approximate surface area is 471 Å². The third-order valence-corrected chi connectivity index (χ3v) is 12.3. The molecule has 6 unspecified atom stereocenters. The van der Waals surface area contributed by atoms with E-state index in [1.165, 1.54) is 12.8 Å². The minimum absolute atomic E-state index is 0. The number of halogens is 1. The van der Waals surface area contributed by atoms with Crippen LogP contribution in [0.5, 0.6) is 0 Å². The highest BCUT2D eigenvalue weighted by Gasteiger charge is 2.39. The van der Waals surface area contributed by atoms with Crippen molar-refractivity contribution in [3.05, 3.63) is 228 Å². The van der Waals surface area contributed by atoms with Gasteiger partial charge in [0.15, 0.2) is 0 Å². The van der Waals surface area contributed by atoms with Crippen LogP contribution in [0.15, 0.2) is 194 Å². The molecule has 0 spiro atoms. The molecule has 424 valence electrons. The van der Waals surface area contributed by atoms with E-state index in [-0.39, 0.29) is 37.9 Å². The van der Waals surface area contributed by atoms with Crippen LogP contribution in [0.2, 0.25) is 0 Å². The van der Waals surface area contributed by atoms with Gasteiger partial charge in [0.05, 0.1) is 76.3 Å². The summed E-state index contributed by atoms with van der Waals surface area (Å²) in [7, 11) is 1.64. The number of ether oxygens (including phenoxy) is 6. The van der Waals surface area contributed by atoms with Crippen molar-refractivity contribution in [1.29, 1.82) is 0 Å². The van der Waals surface area contributed by atoms with Crippen molar-refractivity contribution < 1.29 is 38.6 Å². The molecule has 0 heterocycles. The first kappa shape index (κ1) is 70.0. The maximum Gasteiger partial charge on any atom is 0.144 e. The van der Waals surface area contributed by atoms with Crippen LogP contribution in [0.25, 0.3) is 0 Å². The number of aliphatic hydroxyl groups is 2. The molecule has 0 amide bonds. The van der Waals surface area contributed by atoms with Gasteiger partial charge in [-0.15, -0.1) is 11.6 Å². The smallest absolute Gasteiger partial charge is 0.144 e. The molecule has 77 heavy (non-hydrogen) atoms. The van der Waals surface area contributed by atoms with Crippen molar-refractivity contribution in [2.24, 2.45) is 5.92 Å². The van der Waals surface area contributed by atoms with E-state index in [4.69, 9.17) is 45.1 Å². The van der Waals surface area contributed by atoms with Crippen LogP contribution in [-0.4, -0.2) is 93.6 Å². The van der Waals surface area contributed by atoms with Crippen LogP contribution in [0.4, 0.5) is 0 Å². The SMILES string of the molecule is C.C/C=C\C.CC(O)COC(C)COC(C)COCC(C)OC(c1ccccc1)(c1ccccc1)c1ccccc1.CCCC(C)C.COC(C)COCC(C)O.ClC(c1ccccc1)(c1ccccc1)c1ccccc1. The Balaban J connectivity index is 0.000000600. The number of benzene rings is 6. The number of alkyl halides is 1. The van der Waals surface area contributed by atoms with Gasteiger partial charge in [-0.05, 0) is 94.7 Å². The zero-order chi connectivity index (χ0) is 56.0. The molecule has 0 fully saturated rings. The Bertz CT molecular complexity index is 2080. The van der Waals surface area contributed by atoms with E-state index in [0.29, 0.717) is 39.6 Å². The minimum atomic E-state index is -0.773. The van der Waals surface area contributed by atoms with E-state index >= 15 is 0 Å². The maximum atomic E-state index is 9.35. The van der Waals surface area contributed by atoms with Gasteiger partial charge < -0.3 is 38.6 Å². The number of methoxy groups -OCH3 is 1. The number of hydrogen-bond donors (Lipinski definition) is 2. The van der Waals surface area contributed by atoms with Crippen molar-refractivity contribution in [3.8, 4) is 0 Å². The van der Waals surface area contributed by atoms with Gasteiger partial charge in [-0.1, -0.05) is 235 Å². The van der Waals surface area contributed by atoms with Crippen LogP contribution in [0, 0.1) is 5.92 Å². The molecule has 6 aromatic carbocycles. The first-order valence-electron chi connectivity index (χ1n) is 27.1. The monoisotopic (exact) mass is 1080 g/mol. The van der Waals surface area contributed by atoms with Crippen LogP contribution in [0.3, 0.4) is 0 Å². The molecule has 0 aromatic heterocycles. The lowest BCUT2D eigenvalue weighted by Gasteiger charge is -2.38. The van der Waals surface area contributed by atoms with E-state index in [9.17, 15) is 5.11 Å². The lowest BCUT2D eigenvalue weighted by atomic mass is 9.80. The Hall–Kier alpha value is -4.97. The van der Waals surface area contributed by atoms with E-state index < -0.39 is 16.6 Å². The molecule has 0 radical (unpaired) electrons. The van der Waals surface area contributed by atoms with E-state index in [1.54, 1.807) is 21.0 Å². The third kappa shape index (κ3) is 27.0. The lowest BCUT2D eigenvalue weighted by Crippen LogP contribution is -2.38. The number of aliphatic hydroxyl groups excluding tert-OH is 2. The molecular formula is C68H97ClO8. The van der Waals surface area contributed by atoms with Gasteiger partial charge in [0.1, 0.15) is 10.5 Å². The molecule has 0 aliphatic heterocycles. The van der Waals surface area contributed by atoms with Gasteiger partial charge in [0.25, 0.3) is 0 Å². The third-order valence-electron chi connectivity index (χ3n) is 11.7. The summed E-state index contributed by atoms with van der Waals surface area (Å²) in [5.41, 5.74) is 5.68. The van der Waals surface area contributed by atoms with Crippen LogP contribution in [0.1, 0.15) is 130 Å². The number of hydrogen-bond acceptors (Lipinski definition) is 8. The van der Waals surface area contributed by atoms with Gasteiger partial charge >= 0.3 is 0 Å². The van der Waals surface area contributed by atoms with Crippen LogP contribution >= 0.6 is 11.6 Å². The summed E-state index contributed by atoms with van der Waals surface area (Å²) in [6.45, 7) is 24.6. The normalized spacial score (nSPS) is 13.5. The van der Waals surface area contributed by atoms with Crippen molar-refractivity contribution in [3.63, 3.8) is 0 Å². The highest BCUT2D eigenvalue weighted by Crippen LogP contribution is 2.43. The number of rotatable bonds is 25. The molecule has 0 aliphatic rings. The zero-order valence-electron chi connectivity index (χ0n) is 47.9. The summed E-state index contributed by atoms with van der Waals surface area (Å²) in [5.74, 6) is 0.898. The highest BCUT2D eigenvalue weighted by atomic mass is 35.5. The standard InChI is InChI=1S/C31H40O5.C19H15Cl.C7H16O3.C6H14.C4H8.CH4/c1-24(32)20-34-26(3)23-35-25(2)21-33-22-27(4)36-31(28-14-8-5-9-15-28,29-16-10-6-11-17-29)30-18-12-7-13-19-30;20-19(16-10-4-1-5-11-16,17-12-6-2-7-13-17)18-14-8-3-9-15-18;1-6(8)4-10-5-7(2)9-3;1-4-5-6(2)3;1-3-4-2;/h5-19,24-27,32H,20-23H2,1-4H3;1-15H;6-8H,4-5H2,1-3H3;6H,4-5H2,1-3H3;3-4H,1-2H3;1H4/b;;;;4-3-;. The van der Waals surface area contributed by atoms with E-state index in [1.807, 2.05) is 163 Å². The summed E-state index contributed by atoms with van der Waals surface area (Å²) in [5, 5.41) is 18.1. The Kier molecular flexibility index (Phi) is 37.4. The molecular weight excluding hydrogens is 980 g/mol. The van der Waals surface area contributed by atoms with Gasteiger partial charge in [-0.3, -0.25) is 0 Å². The van der Waals surface area contributed by atoms with Gasteiger partial charge in [-0.2, -0.15) is 0 Å². The zero-order valence-corrected chi connectivity index (χ0v) is 48.7. The second-order valence-corrected chi connectivity index (χ2v) is 20.0. The Morgan fingerprint density at radius 1 is 0.429 bits per heavy atom. The van der Waals surface area contributed by atoms with Crippen molar-refractivity contribution in [2.45, 2.75) is 144 Å². The molecule has 6 atom stereocenters. The van der Waals surface area contributed by atoms with E-state index in [0.717, 1.165) is 39.3 Å². The molecule has 0 bridgehead atoms. The fourth-order valence-corrected chi connectivity index (χ4v) is 8.09. The van der Waals surface area contributed by atoms with Gasteiger partial charge in [0, 0.05) is 7.11 Å². The molecule has 6 aromatic rings. The second-order valence-electron chi connectivity index (χ2n) is 19.4. The van der Waals surface area contributed by atoms with Crippen molar-refractivity contribution in [1.82, 2.24) is 0 Å². The van der Waals surface area contributed by atoms with E-state index in [2.05, 4.69) is 93.6 Å². The quantitative estimate of drug-likeness (QED) is 0.0333. The average molecular weight is 1080 g/mol. The second kappa shape index (κ2) is 41.1. The lowest BCUT2D eigenvalue weighted by molar-refractivity contribution is -0.0989. The molecule has 9 heteroatoms. The molecule has 0 saturated carbocycles. The fourth-order valence-electron chi connectivity index (χ4n) is 7.71. The Morgan fingerprint density at radius 2 is 0.727 bits per heavy atom. The fraction of sp³-hybridized carbons (Fsp3) is 0.441. The van der Waals surface area contributed by atoms with Crippen LogP contribution in [-0.2, 0) is 38.9 Å². The first-order valence-corrected chi connectivity index (χ1v) is 27.5.